The number of aryl methyl sites for hydroxylation is 3. The minimum Gasteiger partial charge on any atom is -0.325 e. The molecule has 0 spiro atoms. The van der Waals surface area contributed by atoms with Crippen LogP contribution >= 0.6 is 34.4 Å². The van der Waals surface area contributed by atoms with Gasteiger partial charge in [-0.15, -0.1) is 10.2 Å². The third-order valence-corrected chi connectivity index (χ3v) is 5.88. The Bertz CT molecular complexity index is 959. The minimum absolute atomic E-state index is 0.0488. The van der Waals surface area contributed by atoms with E-state index in [0.29, 0.717) is 0 Å². The van der Waals surface area contributed by atoms with Gasteiger partial charge in [0.05, 0.1) is 5.75 Å². The van der Waals surface area contributed by atoms with Crippen LogP contribution in [0.2, 0.25) is 0 Å². The zero-order chi connectivity index (χ0) is 19.6. The van der Waals surface area contributed by atoms with E-state index in [-0.39, 0.29) is 11.7 Å². The Balaban J connectivity index is 1.67. The molecule has 0 bridgehead atoms. The monoisotopic (exact) mass is 492 g/mol. The Labute approximate surface area is 177 Å². The van der Waals surface area contributed by atoms with Crippen molar-refractivity contribution >= 4 is 45.9 Å². The highest BCUT2D eigenvalue weighted by Gasteiger charge is 2.14. The molecule has 0 aliphatic heterocycles. The molecular weight excluding hydrogens is 471 g/mol. The van der Waals surface area contributed by atoms with E-state index in [4.69, 9.17) is 0 Å². The molecule has 0 saturated heterocycles. The van der Waals surface area contributed by atoms with Crippen LogP contribution < -0.4 is 5.32 Å². The van der Waals surface area contributed by atoms with Crippen molar-refractivity contribution in [1.29, 1.82) is 0 Å². The molecule has 1 amide bonds. The molecule has 3 aromatic rings. The number of halogens is 1. The van der Waals surface area contributed by atoms with E-state index in [2.05, 4.69) is 69.3 Å². The van der Waals surface area contributed by atoms with Gasteiger partial charge in [-0.2, -0.15) is 0 Å². The summed E-state index contributed by atoms with van der Waals surface area (Å²) in [7, 11) is 1.92. The third kappa shape index (κ3) is 4.70. The highest BCUT2D eigenvalue weighted by molar-refractivity contribution is 14.1. The number of thioether (sulfide) groups is 1. The second-order valence-corrected chi connectivity index (χ2v) is 8.67. The first-order valence-electron chi connectivity index (χ1n) is 8.51. The highest BCUT2D eigenvalue weighted by Crippen LogP contribution is 2.25. The van der Waals surface area contributed by atoms with Crippen LogP contribution in [0.1, 0.15) is 16.7 Å². The summed E-state index contributed by atoms with van der Waals surface area (Å²) in [6.45, 7) is 6.07. The van der Waals surface area contributed by atoms with E-state index in [1.54, 1.807) is 0 Å². The van der Waals surface area contributed by atoms with Gasteiger partial charge in [-0.25, -0.2) is 0 Å². The molecule has 27 heavy (non-hydrogen) atoms. The van der Waals surface area contributed by atoms with Crippen LogP contribution in [0.5, 0.6) is 0 Å². The van der Waals surface area contributed by atoms with Crippen molar-refractivity contribution in [3.8, 4) is 11.4 Å². The van der Waals surface area contributed by atoms with E-state index in [1.165, 1.54) is 17.3 Å². The molecule has 3 rings (SSSR count). The molecule has 0 atom stereocenters. The summed E-state index contributed by atoms with van der Waals surface area (Å²) < 4.78 is 3.09. The van der Waals surface area contributed by atoms with Crippen molar-refractivity contribution < 1.29 is 4.79 Å². The fraction of sp³-hybridized carbons (Fsp3) is 0.250. The Morgan fingerprint density at radius 2 is 1.74 bits per heavy atom. The Kier molecular flexibility index (Phi) is 6.21. The lowest BCUT2D eigenvalue weighted by Gasteiger charge is -2.12. The van der Waals surface area contributed by atoms with Gasteiger partial charge in [0.25, 0.3) is 0 Å². The smallest absolute Gasteiger partial charge is 0.234 e. The Morgan fingerprint density at radius 1 is 1.11 bits per heavy atom. The highest BCUT2D eigenvalue weighted by atomic mass is 127. The number of hydrogen-bond donors (Lipinski definition) is 1. The van der Waals surface area contributed by atoms with Gasteiger partial charge < -0.3 is 9.88 Å². The molecule has 0 radical (unpaired) electrons. The van der Waals surface area contributed by atoms with Crippen molar-refractivity contribution in [2.24, 2.45) is 7.05 Å². The summed E-state index contributed by atoms with van der Waals surface area (Å²) in [6, 6.07) is 12.3. The van der Waals surface area contributed by atoms with Crippen LogP contribution in [-0.2, 0) is 11.8 Å². The molecule has 5 nitrogen and oxygen atoms in total. The number of nitrogens with zero attached hydrogens (tertiary/aromatic N) is 3. The number of aromatic nitrogens is 3. The first kappa shape index (κ1) is 19.9. The van der Waals surface area contributed by atoms with Gasteiger partial charge in [-0.3, -0.25) is 4.79 Å². The van der Waals surface area contributed by atoms with Gasteiger partial charge >= 0.3 is 0 Å². The molecule has 1 N–H and O–H groups in total. The number of hydrogen-bond acceptors (Lipinski definition) is 4. The third-order valence-electron chi connectivity index (χ3n) is 4.24. The lowest BCUT2D eigenvalue weighted by Crippen LogP contribution is -2.16. The van der Waals surface area contributed by atoms with Crippen LogP contribution in [0, 0.1) is 24.3 Å². The van der Waals surface area contributed by atoms with Crippen LogP contribution in [0.15, 0.2) is 41.6 Å². The van der Waals surface area contributed by atoms with Crippen molar-refractivity contribution in [2.45, 2.75) is 25.9 Å². The van der Waals surface area contributed by atoms with Gasteiger partial charge in [-0.1, -0.05) is 41.6 Å². The Morgan fingerprint density at radius 3 is 2.37 bits per heavy atom. The number of rotatable bonds is 5. The summed E-state index contributed by atoms with van der Waals surface area (Å²) >= 11 is 3.67. The van der Waals surface area contributed by atoms with Gasteiger partial charge in [0.15, 0.2) is 11.0 Å². The molecule has 2 aromatic carbocycles. The van der Waals surface area contributed by atoms with E-state index < -0.39 is 0 Å². The molecule has 0 aliphatic carbocycles. The quantitative estimate of drug-likeness (QED) is 0.413. The molecule has 0 unspecified atom stereocenters. The van der Waals surface area contributed by atoms with Crippen molar-refractivity contribution in [3.63, 3.8) is 0 Å². The van der Waals surface area contributed by atoms with E-state index >= 15 is 0 Å². The van der Waals surface area contributed by atoms with Gasteiger partial charge in [0, 0.05) is 21.9 Å². The van der Waals surface area contributed by atoms with Crippen molar-refractivity contribution in [3.05, 3.63) is 56.7 Å². The normalized spacial score (nSPS) is 10.9. The maximum Gasteiger partial charge on any atom is 0.234 e. The topological polar surface area (TPSA) is 59.8 Å². The van der Waals surface area contributed by atoms with Crippen molar-refractivity contribution in [1.82, 2.24) is 14.8 Å². The summed E-state index contributed by atoms with van der Waals surface area (Å²) in [5, 5.41) is 12.2. The summed E-state index contributed by atoms with van der Waals surface area (Å²) in [5.74, 6) is 1.03. The molecule has 7 heteroatoms. The predicted molar refractivity (Wildman–Crippen MR) is 119 cm³/mol. The molecule has 0 saturated carbocycles. The van der Waals surface area contributed by atoms with E-state index in [9.17, 15) is 4.79 Å². The van der Waals surface area contributed by atoms with E-state index in [1.807, 2.05) is 37.6 Å². The number of anilines is 1. The molecule has 140 valence electrons. The average Bonchev–Trinajstić information content (AvgIpc) is 2.98. The minimum atomic E-state index is -0.0488. The fourth-order valence-electron chi connectivity index (χ4n) is 2.81. The van der Waals surface area contributed by atoms with E-state index in [0.717, 1.165) is 36.9 Å². The molecule has 0 fully saturated rings. The number of carbonyl (C=O) groups is 1. The average molecular weight is 492 g/mol. The number of benzene rings is 2. The predicted octanol–water partition coefficient (Wildman–Crippen LogP) is 4.74. The first-order valence-corrected chi connectivity index (χ1v) is 10.6. The Hall–Kier alpha value is -1.87. The largest absolute Gasteiger partial charge is 0.325 e. The zero-order valence-corrected chi connectivity index (χ0v) is 18.7. The summed E-state index contributed by atoms with van der Waals surface area (Å²) in [4.78, 5) is 12.4. The van der Waals surface area contributed by atoms with Gasteiger partial charge in [-0.05, 0) is 66.6 Å². The maximum absolute atomic E-state index is 12.4. The molecule has 0 aliphatic rings. The van der Waals surface area contributed by atoms with Gasteiger partial charge in [0.2, 0.25) is 5.91 Å². The number of nitrogens with one attached hydrogen (secondary N) is 1. The van der Waals surface area contributed by atoms with Crippen LogP contribution in [0.4, 0.5) is 5.69 Å². The fourth-order valence-corrected chi connectivity index (χ4v) is 4.45. The van der Waals surface area contributed by atoms with Crippen LogP contribution in [-0.4, -0.2) is 26.4 Å². The second-order valence-electron chi connectivity index (χ2n) is 6.48. The standard InChI is InChI=1S/C20H21IN4OS/c1-12-5-7-15(8-6-12)19-23-24-20(25(19)4)27-11-17(26)22-18-13(2)9-16(21)10-14(18)3/h5-10H,11H2,1-4H3,(H,22,26). The second kappa shape index (κ2) is 8.43. The van der Waals surface area contributed by atoms with Crippen LogP contribution in [0.25, 0.3) is 11.4 Å². The number of amides is 1. The SMILES string of the molecule is Cc1ccc(-c2nnc(SCC(=O)Nc3c(C)cc(I)cc3C)n2C)cc1. The summed E-state index contributed by atoms with van der Waals surface area (Å²) in [5.41, 5.74) is 5.24. The maximum atomic E-state index is 12.4. The molecular formula is C20H21IN4OS. The molecule has 1 heterocycles. The summed E-state index contributed by atoms with van der Waals surface area (Å²) in [6.07, 6.45) is 0. The lowest BCUT2D eigenvalue weighted by atomic mass is 10.1. The zero-order valence-electron chi connectivity index (χ0n) is 15.7. The lowest BCUT2D eigenvalue weighted by molar-refractivity contribution is -0.113. The van der Waals surface area contributed by atoms with Gasteiger partial charge in [0.1, 0.15) is 0 Å². The van der Waals surface area contributed by atoms with Crippen molar-refractivity contribution in [2.75, 3.05) is 11.1 Å². The number of carbonyl (C=O) groups excluding carboxylic acids is 1. The molecule has 1 aromatic heterocycles. The van der Waals surface area contributed by atoms with Crippen LogP contribution in [0.3, 0.4) is 0 Å². The first-order chi connectivity index (χ1) is 12.8.